The molecule has 20 heavy (non-hydrogen) atoms. The van der Waals surface area contributed by atoms with Crippen LogP contribution in [-0.4, -0.2) is 32.9 Å². The summed E-state index contributed by atoms with van der Waals surface area (Å²) in [6, 6.07) is 5.14. The van der Waals surface area contributed by atoms with E-state index in [-0.39, 0.29) is 24.0 Å². The van der Waals surface area contributed by atoms with E-state index in [0.717, 1.165) is 5.56 Å². The molecule has 1 saturated heterocycles. The highest BCUT2D eigenvalue weighted by atomic mass is 35.5. The van der Waals surface area contributed by atoms with Crippen molar-refractivity contribution in [1.29, 1.82) is 0 Å². The maximum absolute atomic E-state index is 11.9. The summed E-state index contributed by atoms with van der Waals surface area (Å²) in [6.45, 7) is 0.263. The molecule has 1 atom stereocenters. The third kappa shape index (κ3) is 3.64. The molecule has 1 aromatic rings. The molecule has 2 rings (SSSR count). The number of hydrogen-bond acceptors (Lipinski definition) is 4. The van der Waals surface area contributed by atoms with Crippen LogP contribution in [0.25, 0.3) is 0 Å². The van der Waals surface area contributed by atoms with Crippen molar-refractivity contribution in [2.75, 3.05) is 18.6 Å². The lowest BCUT2D eigenvalue weighted by atomic mass is 10.1. The maximum Gasteiger partial charge on any atom is 0.224 e. The molecule has 1 aliphatic rings. The van der Waals surface area contributed by atoms with Crippen molar-refractivity contribution in [2.24, 2.45) is 5.92 Å². The molecule has 0 spiro atoms. The zero-order valence-electron chi connectivity index (χ0n) is 11.1. The molecule has 0 aliphatic carbocycles. The SMILES string of the molecule is COc1ccc(Cl)cc1CNC(=O)[C@@H]1CCS(=O)(=O)C1. The first-order valence-electron chi connectivity index (χ1n) is 6.22. The Bertz CT molecular complexity index is 615. The van der Waals surface area contributed by atoms with Crippen LogP contribution < -0.4 is 10.1 Å². The molecule has 0 unspecified atom stereocenters. The molecule has 7 heteroatoms. The zero-order chi connectivity index (χ0) is 14.8. The van der Waals surface area contributed by atoms with Crippen LogP contribution in [0.4, 0.5) is 0 Å². The van der Waals surface area contributed by atoms with E-state index in [1.54, 1.807) is 18.2 Å². The number of ether oxygens (including phenoxy) is 1. The Labute approximate surface area is 123 Å². The molecule has 1 heterocycles. The van der Waals surface area contributed by atoms with Gasteiger partial charge in [0.1, 0.15) is 5.75 Å². The Balaban J connectivity index is 1.99. The molecule has 5 nitrogen and oxygen atoms in total. The molecule has 0 bridgehead atoms. The Kier molecular flexibility index (Phi) is 4.55. The summed E-state index contributed by atoms with van der Waals surface area (Å²) in [5.74, 6) is -0.0381. The molecule has 1 aromatic carbocycles. The van der Waals surface area contributed by atoms with E-state index in [9.17, 15) is 13.2 Å². The monoisotopic (exact) mass is 317 g/mol. The summed E-state index contributed by atoms with van der Waals surface area (Å²) in [4.78, 5) is 11.9. The van der Waals surface area contributed by atoms with Gasteiger partial charge in [-0.05, 0) is 24.6 Å². The van der Waals surface area contributed by atoms with Crippen molar-refractivity contribution in [2.45, 2.75) is 13.0 Å². The van der Waals surface area contributed by atoms with Gasteiger partial charge in [0.2, 0.25) is 5.91 Å². The molecule has 0 saturated carbocycles. The molecule has 1 fully saturated rings. The van der Waals surface area contributed by atoms with Crippen LogP contribution in [0.1, 0.15) is 12.0 Å². The summed E-state index contributed by atoms with van der Waals surface area (Å²) >= 11 is 5.91. The molecule has 110 valence electrons. The van der Waals surface area contributed by atoms with Gasteiger partial charge in [-0.2, -0.15) is 0 Å². The summed E-state index contributed by atoms with van der Waals surface area (Å²) in [6.07, 6.45) is 0.390. The highest BCUT2D eigenvalue weighted by Gasteiger charge is 2.32. The Morgan fingerprint density at radius 2 is 2.25 bits per heavy atom. The van der Waals surface area contributed by atoms with Crippen LogP contribution >= 0.6 is 11.6 Å². The largest absolute Gasteiger partial charge is 0.496 e. The minimum absolute atomic E-state index is 0.0640. The first-order chi connectivity index (χ1) is 9.41. The van der Waals surface area contributed by atoms with Crippen molar-refractivity contribution >= 4 is 27.3 Å². The second-order valence-corrected chi connectivity index (χ2v) is 7.44. The third-order valence-corrected chi connectivity index (χ3v) is 5.30. The number of carbonyl (C=O) groups is 1. The molecular formula is C13H16ClNO4S. The van der Waals surface area contributed by atoms with E-state index < -0.39 is 15.8 Å². The number of hydrogen-bond donors (Lipinski definition) is 1. The fraction of sp³-hybridized carbons (Fsp3) is 0.462. The number of sulfone groups is 1. The van der Waals surface area contributed by atoms with Gasteiger partial charge in [0.05, 0.1) is 24.5 Å². The van der Waals surface area contributed by atoms with Gasteiger partial charge in [-0.1, -0.05) is 11.6 Å². The molecule has 0 aromatic heterocycles. The van der Waals surface area contributed by atoms with Crippen molar-refractivity contribution in [3.8, 4) is 5.75 Å². The number of halogens is 1. The normalized spacial score (nSPS) is 20.6. The highest BCUT2D eigenvalue weighted by molar-refractivity contribution is 7.91. The van der Waals surface area contributed by atoms with Crippen LogP contribution in [0.2, 0.25) is 5.02 Å². The van der Waals surface area contributed by atoms with Crippen LogP contribution in [0.5, 0.6) is 5.75 Å². The van der Waals surface area contributed by atoms with Gasteiger partial charge < -0.3 is 10.1 Å². The average Bonchev–Trinajstić information content (AvgIpc) is 2.76. The summed E-state index contributed by atoms with van der Waals surface area (Å²) in [5.41, 5.74) is 0.759. The molecule has 1 aliphatic heterocycles. The van der Waals surface area contributed by atoms with Crippen molar-refractivity contribution in [3.05, 3.63) is 28.8 Å². The Hall–Kier alpha value is -1.27. The summed E-state index contributed by atoms with van der Waals surface area (Å²) in [7, 11) is -1.51. The van der Waals surface area contributed by atoms with E-state index >= 15 is 0 Å². The van der Waals surface area contributed by atoms with Gasteiger partial charge in [-0.3, -0.25) is 4.79 Å². The second kappa shape index (κ2) is 6.01. The number of nitrogens with one attached hydrogen (secondary N) is 1. The lowest BCUT2D eigenvalue weighted by Crippen LogP contribution is -2.31. The maximum atomic E-state index is 11.9. The topological polar surface area (TPSA) is 72.5 Å². The van der Waals surface area contributed by atoms with Crippen molar-refractivity contribution < 1.29 is 17.9 Å². The Morgan fingerprint density at radius 3 is 2.85 bits per heavy atom. The first-order valence-corrected chi connectivity index (χ1v) is 8.42. The number of methoxy groups -OCH3 is 1. The minimum atomic E-state index is -3.05. The highest BCUT2D eigenvalue weighted by Crippen LogP contribution is 2.23. The van der Waals surface area contributed by atoms with Crippen LogP contribution in [0.15, 0.2) is 18.2 Å². The lowest BCUT2D eigenvalue weighted by Gasteiger charge is -2.12. The smallest absolute Gasteiger partial charge is 0.224 e. The van der Waals surface area contributed by atoms with E-state index in [1.165, 1.54) is 7.11 Å². The molecule has 0 radical (unpaired) electrons. The van der Waals surface area contributed by atoms with E-state index in [4.69, 9.17) is 16.3 Å². The standard InChI is InChI=1S/C13H16ClNO4S/c1-19-12-3-2-11(14)6-10(12)7-15-13(16)9-4-5-20(17,18)8-9/h2-3,6,9H,4-5,7-8H2,1H3,(H,15,16)/t9-/m1/s1. The number of carbonyl (C=O) groups excluding carboxylic acids is 1. The third-order valence-electron chi connectivity index (χ3n) is 3.30. The van der Waals surface area contributed by atoms with Gasteiger partial charge in [-0.15, -0.1) is 0 Å². The van der Waals surface area contributed by atoms with Crippen LogP contribution in [0.3, 0.4) is 0 Å². The van der Waals surface area contributed by atoms with E-state index in [2.05, 4.69) is 5.32 Å². The van der Waals surface area contributed by atoms with Crippen molar-refractivity contribution in [3.63, 3.8) is 0 Å². The van der Waals surface area contributed by atoms with Gasteiger partial charge in [0.25, 0.3) is 0 Å². The van der Waals surface area contributed by atoms with Crippen LogP contribution in [0, 0.1) is 5.92 Å². The van der Waals surface area contributed by atoms with E-state index in [0.29, 0.717) is 17.2 Å². The van der Waals surface area contributed by atoms with Gasteiger partial charge in [0.15, 0.2) is 9.84 Å². The van der Waals surface area contributed by atoms with Gasteiger partial charge in [-0.25, -0.2) is 8.42 Å². The molecule has 1 N–H and O–H groups in total. The molecule has 1 amide bonds. The first kappa shape index (κ1) is 15.1. The summed E-state index contributed by atoms with van der Waals surface area (Å²) < 4.78 is 27.9. The van der Waals surface area contributed by atoms with Crippen molar-refractivity contribution in [1.82, 2.24) is 5.32 Å². The Morgan fingerprint density at radius 1 is 1.50 bits per heavy atom. The zero-order valence-corrected chi connectivity index (χ0v) is 12.6. The van der Waals surface area contributed by atoms with Crippen LogP contribution in [-0.2, 0) is 21.2 Å². The predicted molar refractivity (Wildman–Crippen MR) is 76.6 cm³/mol. The summed E-state index contributed by atoms with van der Waals surface area (Å²) in [5, 5.41) is 3.29. The lowest BCUT2D eigenvalue weighted by molar-refractivity contribution is -0.124. The van der Waals surface area contributed by atoms with Gasteiger partial charge in [0, 0.05) is 17.1 Å². The predicted octanol–water partition coefficient (Wildman–Crippen LogP) is 1.40. The van der Waals surface area contributed by atoms with Gasteiger partial charge >= 0.3 is 0 Å². The quantitative estimate of drug-likeness (QED) is 0.911. The van der Waals surface area contributed by atoms with E-state index in [1.807, 2.05) is 0 Å². The fourth-order valence-corrected chi connectivity index (χ4v) is 4.15. The second-order valence-electron chi connectivity index (χ2n) is 4.77. The number of amides is 1. The molecular weight excluding hydrogens is 302 g/mol. The number of benzene rings is 1. The average molecular weight is 318 g/mol. The minimum Gasteiger partial charge on any atom is -0.496 e. The fourth-order valence-electron chi connectivity index (χ4n) is 2.21. The number of rotatable bonds is 4.